The van der Waals surface area contributed by atoms with E-state index in [4.69, 9.17) is 4.42 Å². The highest BCUT2D eigenvalue weighted by atomic mass is 16.3. The van der Waals surface area contributed by atoms with Crippen molar-refractivity contribution in [2.75, 3.05) is 4.90 Å². The Bertz CT molecular complexity index is 2900. The predicted octanol–water partition coefficient (Wildman–Crippen LogP) is 14.9. The van der Waals surface area contributed by atoms with Crippen LogP contribution >= 0.6 is 0 Å². The van der Waals surface area contributed by atoms with Crippen LogP contribution in [0.3, 0.4) is 0 Å². The number of benzene rings is 9. The lowest BCUT2D eigenvalue weighted by atomic mass is 9.97. The topological polar surface area (TPSA) is 16.4 Å². The lowest BCUT2D eigenvalue weighted by Gasteiger charge is -2.27. The lowest BCUT2D eigenvalue weighted by molar-refractivity contribution is 0.631. The van der Waals surface area contributed by atoms with Gasteiger partial charge in [-0.2, -0.15) is 0 Å². The van der Waals surface area contributed by atoms with Crippen LogP contribution in [-0.4, -0.2) is 0 Å². The fourth-order valence-corrected chi connectivity index (χ4v) is 7.66. The van der Waals surface area contributed by atoms with Gasteiger partial charge in [0.25, 0.3) is 0 Å². The molecule has 10 aromatic rings. The summed E-state index contributed by atoms with van der Waals surface area (Å²) in [5.74, 6) is 0.876. The van der Waals surface area contributed by atoms with Crippen LogP contribution in [0, 0.1) is 0 Å². The normalized spacial score (nSPS) is 11.3. The Morgan fingerprint density at radius 1 is 0.296 bits per heavy atom. The van der Waals surface area contributed by atoms with Crippen molar-refractivity contribution < 1.29 is 4.42 Å². The van der Waals surface area contributed by atoms with E-state index >= 15 is 0 Å². The van der Waals surface area contributed by atoms with Crippen molar-refractivity contribution >= 4 is 49.6 Å². The molecule has 54 heavy (non-hydrogen) atoms. The smallest absolute Gasteiger partial charge is 0.135 e. The summed E-state index contributed by atoms with van der Waals surface area (Å²) in [5.41, 5.74) is 12.4. The van der Waals surface area contributed by atoms with Gasteiger partial charge in [-0.15, -0.1) is 0 Å². The number of furan rings is 1. The van der Waals surface area contributed by atoms with E-state index in [-0.39, 0.29) is 0 Å². The van der Waals surface area contributed by atoms with E-state index in [1.54, 1.807) is 0 Å². The largest absolute Gasteiger partial charge is 0.456 e. The molecule has 0 saturated heterocycles. The summed E-state index contributed by atoms with van der Waals surface area (Å²) >= 11 is 0. The van der Waals surface area contributed by atoms with Gasteiger partial charge < -0.3 is 9.32 Å². The summed E-state index contributed by atoms with van der Waals surface area (Å²) in [6, 6.07) is 76.0. The van der Waals surface area contributed by atoms with Crippen LogP contribution in [0.4, 0.5) is 17.1 Å². The van der Waals surface area contributed by atoms with Crippen molar-refractivity contribution in [3.63, 3.8) is 0 Å². The molecule has 0 saturated carbocycles. The van der Waals surface area contributed by atoms with Crippen molar-refractivity contribution in [3.05, 3.63) is 212 Å². The second kappa shape index (κ2) is 13.4. The number of anilines is 3. The van der Waals surface area contributed by atoms with Gasteiger partial charge in [0.05, 0.1) is 5.69 Å². The Labute approximate surface area is 314 Å². The third kappa shape index (κ3) is 5.90. The van der Waals surface area contributed by atoms with Gasteiger partial charge in [-0.25, -0.2) is 0 Å². The third-order valence-electron chi connectivity index (χ3n) is 10.4. The molecule has 0 radical (unpaired) electrons. The van der Waals surface area contributed by atoms with Gasteiger partial charge in [-0.05, 0) is 110 Å². The first-order chi connectivity index (χ1) is 26.7. The minimum atomic E-state index is 0.876. The van der Waals surface area contributed by atoms with Gasteiger partial charge in [-0.1, -0.05) is 152 Å². The highest BCUT2D eigenvalue weighted by molar-refractivity contribution is 5.99. The van der Waals surface area contributed by atoms with Crippen molar-refractivity contribution in [1.82, 2.24) is 0 Å². The summed E-state index contributed by atoms with van der Waals surface area (Å²) < 4.78 is 6.20. The van der Waals surface area contributed by atoms with Gasteiger partial charge in [0.2, 0.25) is 0 Å². The number of rotatable bonds is 7. The summed E-state index contributed by atoms with van der Waals surface area (Å²) in [5, 5.41) is 6.03. The Hall–Kier alpha value is -7.16. The standard InChI is InChI=1S/C52H35NO/c1-2-12-40-33-44(23-22-36(40)10-1)43-17-7-15-41(32-43)37-24-28-47(29-25-37)53(50-20-9-14-39-11-3-5-19-49(39)50)48-30-26-38(27-31-48)42-16-8-18-45(34-42)52-35-46-13-4-6-21-51(46)54-52/h1-35H. The maximum atomic E-state index is 6.20. The van der Waals surface area contributed by atoms with E-state index in [9.17, 15) is 0 Å². The van der Waals surface area contributed by atoms with Crippen LogP contribution in [-0.2, 0) is 0 Å². The Kier molecular flexibility index (Phi) is 7.85. The molecule has 0 unspecified atom stereocenters. The van der Waals surface area contributed by atoms with Gasteiger partial charge in [0, 0.05) is 27.7 Å². The molecule has 2 nitrogen and oxygen atoms in total. The Balaban J connectivity index is 1.00. The van der Waals surface area contributed by atoms with Gasteiger partial charge >= 0.3 is 0 Å². The first kappa shape index (κ1) is 31.6. The second-order valence-corrected chi connectivity index (χ2v) is 13.8. The molecule has 0 aliphatic heterocycles. The van der Waals surface area contributed by atoms with E-state index in [0.717, 1.165) is 50.5 Å². The molecule has 0 N–H and O–H groups in total. The lowest BCUT2D eigenvalue weighted by Crippen LogP contribution is -2.10. The first-order valence-corrected chi connectivity index (χ1v) is 18.4. The highest BCUT2D eigenvalue weighted by Crippen LogP contribution is 2.41. The molecule has 10 rings (SSSR count). The molecule has 2 heteroatoms. The Morgan fingerprint density at radius 2 is 0.796 bits per heavy atom. The summed E-state index contributed by atoms with van der Waals surface area (Å²) in [6.07, 6.45) is 0. The molecule has 0 fully saturated rings. The molecule has 0 bridgehead atoms. The van der Waals surface area contributed by atoms with Crippen molar-refractivity contribution in [3.8, 4) is 44.7 Å². The summed E-state index contributed by atoms with van der Waals surface area (Å²) in [4.78, 5) is 2.37. The number of fused-ring (bicyclic) bond motifs is 3. The monoisotopic (exact) mass is 689 g/mol. The van der Waals surface area contributed by atoms with Crippen molar-refractivity contribution in [1.29, 1.82) is 0 Å². The fraction of sp³-hybridized carbons (Fsp3) is 0. The average molecular weight is 690 g/mol. The zero-order valence-corrected chi connectivity index (χ0v) is 29.6. The molecule has 0 amide bonds. The van der Waals surface area contributed by atoms with E-state index in [2.05, 4.69) is 199 Å². The average Bonchev–Trinajstić information content (AvgIpc) is 3.69. The van der Waals surface area contributed by atoms with Crippen LogP contribution in [0.1, 0.15) is 0 Å². The maximum Gasteiger partial charge on any atom is 0.135 e. The van der Waals surface area contributed by atoms with Crippen LogP contribution in [0.25, 0.3) is 77.2 Å². The molecule has 1 heterocycles. The summed E-state index contributed by atoms with van der Waals surface area (Å²) in [6.45, 7) is 0. The second-order valence-electron chi connectivity index (χ2n) is 13.8. The molecule has 0 aliphatic rings. The fourth-order valence-electron chi connectivity index (χ4n) is 7.66. The highest BCUT2D eigenvalue weighted by Gasteiger charge is 2.16. The zero-order chi connectivity index (χ0) is 35.8. The number of hydrogen-bond donors (Lipinski definition) is 0. The maximum absolute atomic E-state index is 6.20. The van der Waals surface area contributed by atoms with E-state index in [1.165, 1.54) is 43.8 Å². The molecule has 254 valence electrons. The van der Waals surface area contributed by atoms with Gasteiger partial charge in [0.1, 0.15) is 11.3 Å². The number of hydrogen-bond acceptors (Lipinski definition) is 2. The number of para-hydroxylation sites is 1. The Morgan fingerprint density at radius 3 is 1.50 bits per heavy atom. The van der Waals surface area contributed by atoms with E-state index in [1.807, 2.05) is 18.2 Å². The molecule has 0 atom stereocenters. The molecular weight excluding hydrogens is 655 g/mol. The predicted molar refractivity (Wildman–Crippen MR) is 228 cm³/mol. The van der Waals surface area contributed by atoms with E-state index < -0.39 is 0 Å². The minimum Gasteiger partial charge on any atom is -0.456 e. The summed E-state index contributed by atoms with van der Waals surface area (Å²) in [7, 11) is 0. The SMILES string of the molecule is c1cc(-c2ccc(N(c3ccc(-c4cccc(-c5cc6ccccc6o5)c4)cc3)c3cccc4ccccc34)cc2)cc(-c2ccc3ccccc3c2)c1. The van der Waals surface area contributed by atoms with Gasteiger partial charge in [-0.3, -0.25) is 0 Å². The van der Waals surface area contributed by atoms with Crippen LogP contribution in [0.15, 0.2) is 217 Å². The van der Waals surface area contributed by atoms with Crippen LogP contribution in [0.2, 0.25) is 0 Å². The minimum absolute atomic E-state index is 0.876. The zero-order valence-electron chi connectivity index (χ0n) is 29.6. The molecule has 0 spiro atoms. The van der Waals surface area contributed by atoms with Crippen LogP contribution < -0.4 is 4.90 Å². The molecule has 0 aliphatic carbocycles. The first-order valence-electron chi connectivity index (χ1n) is 18.4. The van der Waals surface area contributed by atoms with Crippen molar-refractivity contribution in [2.45, 2.75) is 0 Å². The third-order valence-corrected chi connectivity index (χ3v) is 10.4. The van der Waals surface area contributed by atoms with Crippen LogP contribution in [0.5, 0.6) is 0 Å². The number of nitrogens with zero attached hydrogens (tertiary/aromatic N) is 1. The quantitative estimate of drug-likeness (QED) is 0.166. The molecular formula is C52H35NO. The van der Waals surface area contributed by atoms with E-state index in [0.29, 0.717) is 0 Å². The molecule has 9 aromatic carbocycles. The van der Waals surface area contributed by atoms with Gasteiger partial charge in [0.15, 0.2) is 0 Å². The molecule has 1 aromatic heterocycles. The van der Waals surface area contributed by atoms with Crippen molar-refractivity contribution in [2.24, 2.45) is 0 Å².